The highest BCUT2D eigenvalue weighted by molar-refractivity contribution is 5.80. The van der Waals surface area contributed by atoms with Crippen molar-refractivity contribution in [3.8, 4) is 0 Å². The lowest BCUT2D eigenvalue weighted by Crippen LogP contribution is -2.37. The van der Waals surface area contributed by atoms with Crippen molar-refractivity contribution in [3.05, 3.63) is 0 Å². The minimum atomic E-state index is -5.08. The van der Waals surface area contributed by atoms with Gasteiger partial charge in [0.05, 0.1) is 6.10 Å². The minimum Gasteiger partial charge on any atom is -0.475 e. The Labute approximate surface area is 133 Å². The number of nitrogens with zero attached hydrogens (tertiary/aromatic N) is 1. The molecule has 2 fully saturated rings. The zero-order chi connectivity index (χ0) is 17.6. The van der Waals surface area contributed by atoms with Gasteiger partial charge in [-0.25, -0.2) is 4.79 Å². The quantitative estimate of drug-likeness (QED) is 0.791. The van der Waals surface area contributed by atoms with Gasteiger partial charge in [0.2, 0.25) is 0 Å². The van der Waals surface area contributed by atoms with Gasteiger partial charge in [-0.15, -0.1) is 0 Å². The van der Waals surface area contributed by atoms with E-state index >= 15 is 0 Å². The van der Waals surface area contributed by atoms with Gasteiger partial charge in [0, 0.05) is 14.1 Å². The number of amides is 1. The number of hydrogen-bond acceptors (Lipinski definition) is 4. The second kappa shape index (κ2) is 8.49. The molecule has 0 aromatic heterocycles. The fourth-order valence-corrected chi connectivity index (χ4v) is 2.70. The van der Waals surface area contributed by atoms with E-state index in [4.69, 9.17) is 14.6 Å². The van der Waals surface area contributed by atoms with Gasteiger partial charge in [-0.2, -0.15) is 13.2 Å². The van der Waals surface area contributed by atoms with Gasteiger partial charge in [-0.3, -0.25) is 4.79 Å². The predicted octanol–water partition coefficient (Wildman–Crippen LogP) is 1.26. The van der Waals surface area contributed by atoms with E-state index < -0.39 is 12.1 Å². The van der Waals surface area contributed by atoms with Crippen molar-refractivity contribution in [2.45, 2.75) is 44.1 Å². The van der Waals surface area contributed by atoms with E-state index in [9.17, 15) is 18.0 Å². The molecular weight excluding hydrogens is 317 g/mol. The molecule has 2 aliphatic rings. The highest BCUT2D eigenvalue weighted by Gasteiger charge is 2.38. The first-order valence-electron chi connectivity index (χ1n) is 7.50. The van der Waals surface area contributed by atoms with Gasteiger partial charge in [-0.1, -0.05) is 0 Å². The molecule has 2 atom stereocenters. The molecule has 2 N–H and O–H groups in total. The van der Waals surface area contributed by atoms with Gasteiger partial charge in [0.25, 0.3) is 5.91 Å². The summed E-state index contributed by atoms with van der Waals surface area (Å²) in [5.41, 5.74) is 0. The number of carbonyl (C=O) groups excluding carboxylic acids is 1. The van der Waals surface area contributed by atoms with E-state index in [0.717, 1.165) is 25.9 Å². The smallest absolute Gasteiger partial charge is 0.475 e. The molecule has 0 spiro atoms. The van der Waals surface area contributed by atoms with Gasteiger partial charge in [0.15, 0.2) is 0 Å². The van der Waals surface area contributed by atoms with Crippen LogP contribution in [-0.4, -0.2) is 67.5 Å². The third-order valence-electron chi connectivity index (χ3n) is 3.92. The van der Waals surface area contributed by atoms with Crippen LogP contribution in [0.5, 0.6) is 0 Å². The molecule has 2 aliphatic heterocycles. The first-order chi connectivity index (χ1) is 10.6. The molecule has 0 saturated carbocycles. The van der Waals surface area contributed by atoms with Crippen molar-refractivity contribution in [1.29, 1.82) is 0 Å². The van der Waals surface area contributed by atoms with Crippen molar-refractivity contribution in [1.82, 2.24) is 10.2 Å². The summed E-state index contributed by atoms with van der Waals surface area (Å²) >= 11 is 0. The van der Waals surface area contributed by atoms with E-state index in [0.29, 0.717) is 12.0 Å². The van der Waals surface area contributed by atoms with Gasteiger partial charge < -0.3 is 20.1 Å². The summed E-state index contributed by atoms with van der Waals surface area (Å²) in [4.78, 5) is 22.3. The molecular formula is C14H23F3N2O4. The summed E-state index contributed by atoms with van der Waals surface area (Å²) in [6.45, 7) is 2.19. The van der Waals surface area contributed by atoms with Gasteiger partial charge in [0.1, 0.15) is 6.10 Å². The summed E-state index contributed by atoms with van der Waals surface area (Å²) in [7, 11) is 3.59. The molecule has 1 amide bonds. The third kappa shape index (κ3) is 6.34. The lowest BCUT2D eigenvalue weighted by Gasteiger charge is -2.28. The Morgan fingerprint density at radius 1 is 1.13 bits per heavy atom. The highest BCUT2D eigenvalue weighted by atomic mass is 19.4. The molecule has 0 unspecified atom stereocenters. The maximum Gasteiger partial charge on any atom is 0.490 e. The number of carboxylic acid groups (broad SMARTS) is 1. The van der Waals surface area contributed by atoms with E-state index in [1.165, 1.54) is 12.8 Å². The highest BCUT2D eigenvalue weighted by Crippen LogP contribution is 2.30. The minimum absolute atomic E-state index is 0.122. The zero-order valence-corrected chi connectivity index (χ0v) is 13.2. The zero-order valence-electron chi connectivity index (χ0n) is 13.2. The fourth-order valence-electron chi connectivity index (χ4n) is 2.70. The normalized spacial score (nSPS) is 25.4. The molecule has 0 bridgehead atoms. The average molecular weight is 340 g/mol. The molecule has 0 aromatic rings. The second-order valence-corrected chi connectivity index (χ2v) is 5.86. The Morgan fingerprint density at radius 2 is 1.65 bits per heavy atom. The Kier molecular flexibility index (Phi) is 7.27. The maximum atomic E-state index is 11.8. The largest absolute Gasteiger partial charge is 0.490 e. The van der Waals surface area contributed by atoms with Gasteiger partial charge >= 0.3 is 12.1 Å². The summed E-state index contributed by atoms with van der Waals surface area (Å²) < 4.78 is 37.6. The lowest BCUT2D eigenvalue weighted by molar-refractivity contribution is -0.192. The van der Waals surface area contributed by atoms with Crippen LogP contribution in [0.25, 0.3) is 0 Å². The first-order valence-corrected chi connectivity index (χ1v) is 7.50. The molecule has 2 heterocycles. The molecule has 2 saturated heterocycles. The SMILES string of the molecule is CN(C)C(=O)[C@H]1CC[C@@H](C2CCNCC2)O1.O=C(O)C(F)(F)F. The molecule has 134 valence electrons. The number of ether oxygens (including phenoxy) is 1. The number of likely N-dealkylation sites (N-methyl/N-ethyl adjacent to an activating group) is 1. The third-order valence-corrected chi connectivity index (χ3v) is 3.92. The number of aliphatic carboxylic acids is 1. The molecule has 0 aliphatic carbocycles. The van der Waals surface area contributed by atoms with Crippen LogP contribution >= 0.6 is 0 Å². The predicted molar refractivity (Wildman–Crippen MR) is 75.9 cm³/mol. The summed E-state index contributed by atoms with van der Waals surface area (Å²) in [6, 6.07) is 0. The molecule has 2 rings (SSSR count). The Morgan fingerprint density at radius 3 is 2.09 bits per heavy atom. The number of nitrogens with one attached hydrogen (secondary N) is 1. The van der Waals surface area contributed by atoms with E-state index in [-0.39, 0.29) is 12.0 Å². The van der Waals surface area contributed by atoms with Crippen LogP contribution in [-0.2, 0) is 14.3 Å². The monoisotopic (exact) mass is 340 g/mol. The summed E-state index contributed by atoms with van der Waals surface area (Å²) in [6.07, 6.45) is -0.632. The van der Waals surface area contributed by atoms with E-state index in [1.807, 2.05) is 0 Å². The van der Waals surface area contributed by atoms with Crippen molar-refractivity contribution in [3.63, 3.8) is 0 Å². The number of piperidine rings is 1. The van der Waals surface area contributed by atoms with Gasteiger partial charge in [-0.05, 0) is 44.7 Å². The average Bonchev–Trinajstić information content (AvgIpc) is 2.96. The number of rotatable bonds is 2. The fraction of sp³-hybridized carbons (Fsp3) is 0.857. The van der Waals surface area contributed by atoms with Crippen molar-refractivity contribution >= 4 is 11.9 Å². The van der Waals surface area contributed by atoms with E-state index in [1.54, 1.807) is 19.0 Å². The molecule has 0 radical (unpaired) electrons. The van der Waals surface area contributed by atoms with Crippen LogP contribution in [0.1, 0.15) is 25.7 Å². The van der Waals surface area contributed by atoms with Crippen LogP contribution in [0, 0.1) is 5.92 Å². The number of carbonyl (C=O) groups is 2. The van der Waals surface area contributed by atoms with Crippen molar-refractivity contribution in [2.24, 2.45) is 5.92 Å². The standard InChI is InChI=1S/C12H22N2O2.C2HF3O2/c1-14(2)12(15)11-4-3-10(16-11)9-5-7-13-8-6-9;3-2(4,5)1(6)7/h9-11,13H,3-8H2,1-2H3;(H,6,7)/t10-,11+;/m0./s1. The number of halogens is 3. The van der Waals surface area contributed by atoms with Crippen molar-refractivity contribution < 1.29 is 32.6 Å². The van der Waals surface area contributed by atoms with Crippen LogP contribution in [0.3, 0.4) is 0 Å². The Balaban J connectivity index is 0.000000322. The van der Waals surface area contributed by atoms with Crippen LogP contribution in [0.15, 0.2) is 0 Å². The molecule has 0 aromatic carbocycles. The molecule has 9 heteroatoms. The first kappa shape index (κ1) is 19.7. The van der Waals surface area contributed by atoms with E-state index in [2.05, 4.69) is 5.32 Å². The van der Waals surface area contributed by atoms with Crippen molar-refractivity contribution in [2.75, 3.05) is 27.2 Å². The van der Waals surface area contributed by atoms with Crippen LogP contribution in [0.4, 0.5) is 13.2 Å². The number of hydrogen-bond donors (Lipinski definition) is 2. The van der Waals surface area contributed by atoms with Crippen LogP contribution in [0.2, 0.25) is 0 Å². The Bertz CT molecular complexity index is 409. The molecule has 6 nitrogen and oxygen atoms in total. The summed E-state index contributed by atoms with van der Waals surface area (Å²) in [5, 5.41) is 10.5. The summed E-state index contributed by atoms with van der Waals surface area (Å²) in [5.74, 6) is -1.98. The Hall–Kier alpha value is -1.35. The maximum absolute atomic E-state index is 11.8. The second-order valence-electron chi connectivity index (χ2n) is 5.86. The number of alkyl halides is 3. The number of carboxylic acids is 1. The molecule has 23 heavy (non-hydrogen) atoms. The lowest BCUT2D eigenvalue weighted by atomic mass is 9.91. The topological polar surface area (TPSA) is 78.9 Å². The van der Waals surface area contributed by atoms with Crippen LogP contribution < -0.4 is 5.32 Å².